The molecule has 294 valence electrons. The van der Waals surface area contributed by atoms with Crippen molar-refractivity contribution in [2.24, 2.45) is 11.8 Å². The van der Waals surface area contributed by atoms with Crippen molar-refractivity contribution in [2.45, 2.75) is 127 Å². The Morgan fingerprint density at radius 3 is 2.50 bits per heavy atom. The number of allylic oxidation sites excluding steroid dienone is 1. The highest BCUT2D eigenvalue weighted by Gasteiger charge is 2.62. The third-order valence-electron chi connectivity index (χ3n) is 11.8. The minimum Gasteiger partial charge on any atom is -0.464 e. The van der Waals surface area contributed by atoms with E-state index in [9.17, 15) is 28.8 Å². The zero-order valence-electron chi connectivity index (χ0n) is 31.6. The van der Waals surface area contributed by atoms with Crippen LogP contribution in [0.1, 0.15) is 95.1 Å². The number of hydrogen-bond donors (Lipinski definition) is 4. The number of benzene rings is 1. The van der Waals surface area contributed by atoms with Gasteiger partial charge in [-0.1, -0.05) is 68.5 Å². The van der Waals surface area contributed by atoms with Crippen LogP contribution in [0, 0.1) is 11.8 Å². The monoisotopic (exact) mass is 748 g/mol. The van der Waals surface area contributed by atoms with Gasteiger partial charge in [-0.15, -0.1) is 0 Å². The van der Waals surface area contributed by atoms with Crippen LogP contribution >= 0.6 is 0 Å². The molecule has 1 aromatic carbocycles. The number of esters is 1. The van der Waals surface area contributed by atoms with Crippen LogP contribution in [0.25, 0.3) is 0 Å². The Bertz CT molecular complexity index is 1600. The van der Waals surface area contributed by atoms with Gasteiger partial charge in [0, 0.05) is 32.5 Å². The third-order valence-corrected chi connectivity index (χ3v) is 11.8. The van der Waals surface area contributed by atoms with Crippen molar-refractivity contribution < 1.29 is 38.2 Å². The molecule has 6 rings (SSSR count). The van der Waals surface area contributed by atoms with Crippen molar-refractivity contribution in [3.63, 3.8) is 0 Å². The maximum atomic E-state index is 14.3. The molecule has 6 atom stereocenters. The molecule has 1 aromatic rings. The summed E-state index contributed by atoms with van der Waals surface area (Å²) in [6, 6.07) is 4.48. The van der Waals surface area contributed by atoms with E-state index < -0.39 is 59.7 Å². The first-order valence-corrected chi connectivity index (χ1v) is 19.9. The van der Waals surface area contributed by atoms with Crippen LogP contribution in [0.3, 0.4) is 0 Å². The third kappa shape index (κ3) is 9.01. The molecule has 0 bridgehead atoms. The fraction of sp³-hybridized carbons (Fsp3) is 0.650. The number of urea groups is 1. The lowest BCUT2D eigenvalue weighted by Gasteiger charge is -2.32. The molecular formula is C40H56N6O8. The van der Waals surface area contributed by atoms with Crippen molar-refractivity contribution in [3.8, 4) is 0 Å². The van der Waals surface area contributed by atoms with Gasteiger partial charge in [0.15, 0.2) is 0 Å². The lowest BCUT2D eigenvalue weighted by atomic mass is 9.83. The van der Waals surface area contributed by atoms with Gasteiger partial charge in [0.2, 0.25) is 17.7 Å². The molecular weight excluding hydrogens is 692 g/mol. The first kappa shape index (κ1) is 39.1. The molecule has 1 saturated heterocycles. The molecule has 5 aliphatic rings. The Morgan fingerprint density at radius 1 is 1.00 bits per heavy atom. The normalized spacial score (nSPS) is 28.3. The molecule has 3 fully saturated rings. The predicted molar refractivity (Wildman–Crippen MR) is 199 cm³/mol. The number of ether oxygens (including phenoxy) is 2. The van der Waals surface area contributed by atoms with E-state index in [4.69, 9.17) is 9.47 Å². The summed E-state index contributed by atoms with van der Waals surface area (Å²) in [5, 5.41) is 11.5. The summed E-state index contributed by atoms with van der Waals surface area (Å²) in [7, 11) is 1.55. The van der Waals surface area contributed by atoms with Crippen LogP contribution in [-0.4, -0.2) is 102 Å². The summed E-state index contributed by atoms with van der Waals surface area (Å²) >= 11 is 0. The van der Waals surface area contributed by atoms with Gasteiger partial charge < -0.3 is 40.5 Å². The fourth-order valence-electron chi connectivity index (χ4n) is 8.56. The first-order valence-electron chi connectivity index (χ1n) is 19.9. The van der Waals surface area contributed by atoms with E-state index >= 15 is 0 Å². The number of amides is 6. The number of nitrogens with one attached hydrogen (secondary N) is 4. The fourth-order valence-corrected chi connectivity index (χ4v) is 8.56. The zero-order chi connectivity index (χ0) is 38.2. The van der Waals surface area contributed by atoms with Crippen LogP contribution in [0.4, 0.5) is 9.59 Å². The highest BCUT2D eigenvalue weighted by atomic mass is 16.6. The molecule has 14 heteroatoms. The summed E-state index contributed by atoms with van der Waals surface area (Å²) < 4.78 is 11.3. The quantitative estimate of drug-likeness (QED) is 0.242. The van der Waals surface area contributed by atoms with Crippen molar-refractivity contribution in [1.82, 2.24) is 31.1 Å². The molecule has 2 unspecified atom stereocenters. The van der Waals surface area contributed by atoms with Gasteiger partial charge in [-0.3, -0.25) is 14.4 Å². The number of nitrogens with zero attached hydrogens (tertiary/aromatic N) is 2. The second-order valence-electron chi connectivity index (χ2n) is 15.4. The van der Waals surface area contributed by atoms with Crippen LogP contribution in [0.5, 0.6) is 0 Å². The van der Waals surface area contributed by atoms with Crippen LogP contribution in [0.2, 0.25) is 0 Å². The molecule has 6 amide bonds. The summed E-state index contributed by atoms with van der Waals surface area (Å²) in [6.07, 6.45) is 11.7. The Labute approximate surface area is 317 Å². The summed E-state index contributed by atoms with van der Waals surface area (Å²) in [6.45, 7) is 2.63. The molecule has 3 aliphatic heterocycles. The molecule has 2 aliphatic carbocycles. The van der Waals surface area contributed by atoms with E-state index in [0.717, 1.165) is 56.9 Å². The zero-order valence-corrected chi connectivity index (χ0v) is 31.6. The summed E-state index contributed by atoms with van der Waals surface area (Å²) in [5.74, 6) is -2.10. The minimum absolute atomic E-state index is 0.00242. The molecule has 3 heterocycles. The van der Waals surface area contributed by atoms with Gasteiger partial charge in [-0.25, -0.2) is 14.4 Å². The SMILES string of the molecule is CCOC(=O)C12CC1C=CCCCCC[C@@H](C(=O)N[C@H](C(=O)NC)C1CCCCC1)NC(=O)[C@H]1C[C@H](OC(=O)N3CCc4ccccc4C3)CN1C(=O)N2. The number of hydrogen-bond acceptors (Lipinski definition) is 8. The molecule has 54 heavy (non-hydrogen) atoms. The van der Waals surface area contributed by atoms with E-state index in [2.05, 4.69) is 21.3 Å². The van der Waals surface area contributed by atoms with E-state index in [1.165, 1.54) is 10.5 Å². The van der Waals surface area contributed by atoms with Crippen molar-refractivity contribution in [1.29, 1.82) is 0 Å². The van der Waals surface area contributed by atoms with Gasteiger partial charge in [0.1, 0.15) is 29.8 Å². The lowest BCUT2D eigenvalue weighted by molar-refractivity contribution is -0.147. The maximum Gasteiger partial charge on any atom is 0.410 e. The largest absolute Gasteiger partial charge is 0.464 e. The van der Waals surface area contributed by atoms with Crippen molar-refractivity contribution in [3.05, 3.63) is 47.5 Å². The Morgan fingerprint density at radius 2 is 1.74 bits per heavy atom. The first-order chi connectivity index (χ1) is 26.1. The Balaban J connectivity index is 1.22. The molecule has 0 spiro atoms. The van der Waals surface area contributed by atoms with Gasteiger partial charge >= 0.3 is 18.1 Å². The number of carbonyl (C=O) groups excluding carboxylic acids is 6. The highest BCUT2D eigenvalue weighted by molar-refractivity contribution is 5.96. The highest BCUT2D eigenvalue weighted by Crippen LogP contribution is 2.46. The number of likely N-dealkylation sites (N-methyl/N-ethyl adjacent to an activating group) is 1. The standard InChI is InChI=1S/C40H56N6O8/c1-3-53-37(50)40-23-29(40)18-10-5-4-6-11-19-31(34(47)43-33(36(49)41-2)27-15-8-7-9-16-27)42-35(48)32-22-30(25-46(32)38(51)44-40)54-39(52)45-21-20-26-14-12-13-17-28(26)24-45/h10,12-14,17-18,27,29-33H,3-9,11,15-16,19-25H2,1-2H3,(H,41,49)(H,42,48)(H,43,47)(H,44,51)/t29?,30-,31-,32+,33-,40?/m0/s1. The van der Waals surface area contributed by atoms with Gasteiger partial charge in [0.25, 0.3) is 0 Å². The van der Waals surface area contributed by atoms with E-state index in [1.54, 1.807) is 18.9 Å². The second kappa shape index (κ2) is 17.7. The molecule has 0 aromatic heterocycles. The van der Waals surface area contributed by atoms with Gasteiger partial charge in [0.05, 0.1) is 13.2 Å². The smallest absolute Gasteiger partial charge is 0.410 e. The topological polar surface area (TPSA) is 175 Å². The number of carbonyl (C=O) groups is 6. The number of fused-ring (bicyclic) bond motifs is 3. The molecule has 14 nitrogen and oxygen atoms in total. The minimum atomic E-state index is -1.27. The average Bonchev–Trinajstić information content (AvgIpc) is 3.71. The predicted octanol–water partition coefficient (Wildman–Crippen LogP) is 3.47. The molecule has 0 radical (unpaired) electrons. The van der Waals surface area contributed by atoms with E-state index in [1.807, 2.05) is 36.4 Å². The van der Waals surface area contributed by atoms with Crippen LogP contribution < -0.4 is 21.3 Å². The van der Waals surface area contributed by atoms with Gasteiger partial charge in [-0.2, -0.15) is 0 Å². The maximum absolute atomic E-state index is 14.3. The van der Waals surface area contributed by atoms with E-state index in [0.29, 0.717) is 38.8 Å². The second-order valence-corrected chi connectivity index (χ2v) is 15.4. The lowest BCUT2D eigenvalue weighted by Crippen LogP contribution is -2.59. The summed E-state index contributed by atoms with van der Waals surface area (Å²) in [4.78, 5) is 85.0. The van der Waals surface area contributed by atoms with Crippen LogP contribution in [0.15, 0.2) is 36.4 Å². The molecule has 4 N–H and O–H groups in total. The number of rotatable bonds is 7. The van der Waals surface area contributed by atoms with Crippen molar-refractivity contribution in [2.75, 3.05) is 26.7 Å². The van der Waals surface area contributed by atoms with Crippen molar-refractivity contribution >= 4 is 35.8 Å². The Hall–Kier alpha value is -4.62. The molecule has 2 saturated carbocycles. The Kier molecular flexibility index (Phi) is 12.8. The average molecular weight is 749 g/mol. The van der Waals surface area contributed by atoms with Crippen LogP contribution in [-0.2, 0) is 41.6 Å². The summed E-state index contributed by atoms with van der Waals surface area (Å²) in [5.41, 5.74) is 0.951. The van der Waals surface area contributed by atoms with E-state index in [-0.39, 0.29) is 37.3 Å². The van der Waals surface area contributed by atoms with Gasteiger partial charge in [-0.05, 0) is 68.9 Å².